The van der Waals surface area contributed by atoms with Gasteiger partial charge < -0.3 is 29.2 Å². The molecule has 0 aliphatic carbocycles. The van der Waals surface area contributed by atoms with E-state index in [1.165, 1.54) is 19.1 Å². The molecule has 0 saturated heterocycles. The molecule has 0 fully saturated rings. The Balaban J connectivity index is 2.73. The monoisotopic (exact) mass is 452 g/mol. The van der Waals surface area contributed by atoms with Crippen molar-refractivity contribution in [2.45, 2.75) is 20.4 Å². The van der Waals surface area contributed by atoms with Crippen molar-refractivity contribution in [3.05, 3.63) is 35.4 Å². The molecule has 0 spiro atoms. The van der Waals surface area contributed by atoms with E-state index in [0.717, 1.165) is 5.56 Å². The fourth-order valence-corrected chi connectivity index (χ4v) is 2.51. The molecule has 0 unspecified atom stereocenters. The molecule has 10 heteroatoms. The molecule has 1 rings (SSSR count). The molecule has 0 aliphatic heterocycles. The normalized spacial score (nSPS) is 10.5. The molecule has 0 aliphatic rings. The number of esters is 2. The first-order valence-corrected chi connectivity index (χ1v) is 10.2. The van der Waals surface area contributed by atoms with E-state index in [0.29, 0.717) is 12.1 Å². The van der Waals surface area contributed by atoms with Crippen LogP contribution in [0.2, 0.25) is 0 Å². The maximum Gasteiger partial charge on any atom is 0.332 e. The van der Waals surface area contributed by atoms with Crippen LogP contribution in [-0.2, 0) is 39.9 Å². The molecular weight excluding hydrogens is 420 g/mol. The van der Waals surface area contributed by atoms with Crippen molar-refractivity contribution in [2.75, 3.05) is 53.7 Å². The molecule has 0 radical (unpaired) electrons. The molecule has 0 saturated carbocycles. The average molecular weight is 453 g/mol. The van der Waals surface area contributed by atoms with Crippen molar-refractivity contribution in [2.24, 2.45) is 5.92 Å². The van der Waals surface area contributed by atoms with E-state index in [4.69, 9.17) is 18.9 Å². The molecular formula is C22H32N2O8. The minimum atomic E-state index is -0.542. The highest BCUT2D eigenvalue weighted by Gasteiger charge is 2.17. The highest BCUT2D eigenvalue weighted by molar-refractivity contribution is 5.94. The second-order valence-electron chi connectivity index (χ2n) is 7.17. The van der Waals surface area contributed by atoms with Gasteiger partial charge in [0.25, 0.3) is 5.91 Å². The van der Waals surface area contributed by atoms with E-state index in [1.54, 1.807) is 24.3 Å². The topological polar surface area (TPSA) is 120 Å². The summed E-state index contributed by atoms with van der Waals surface area (Å²) < 4.78 is 19.5. The quantitative estimate of drug-likeness (QED) is 0.411. The predicted molar refractivity (Wildman–Crippen MR) is 115 cm³/mol. The van der Waals surface area contributed by atoms with Crippen molar-refractivity contribution >= 4 is 23.8 Å². The smallest absolute Gasteiger partial charge is 0.332 e. The number of hydrogen-bond acceptors (Lipinski definition) is 8. The van der Waals surface area contributed by atoms with Gasteiger partial charge in [-0.2, -0.15) is 0 Å². The van der Waals surface area contributed by atoms with Gasteiger partial charge in [-0.3, -0.25) is 9.59 Å². The van der Waals surface area contributed by atoms with Gasteiger partial charge in [-0.1, -0.05) is 26.0 Å². The van der Waals surface area contributed by atoms with E-state index in [-0.39, 0.29) is 57.2 Å². The Kier molecular flexibility index (Phi) is 12.6. The van der Waals surface area contributed by atoms with E-state index in [9.17, 15) is 19.2 Å². The third kappa shape index (κ3) is 10.4. The van der Waals surface area contributed by atoms with E-state index >= 15 is 0 Å². The first-order valence-electron chi connectivity index (χ1n) is 10.2. The fraction of sp³-hybridized carbons (Fsp3) is 0.545. The minimum Gasteiger partial charge on any atom is -0.462 e. The van der Waals surface area contributed by atoms with Gasteiger partial charge in [0.1, 0.15) is 26.4 Å². The number of rotatable bonds is 14. The summed E-state index contributed by atoms with van der Waals surface area (Å²) in [5.74, 6) is -1.56. The van der Waals surface area contributed by atoms with Crippen LogP contribution in [0.15, 0.2) is 24.3 Å². The van der Waals surface area contributed by atoms with Crippen molar-refractivity contribution in [3.8, 4) is 0 Å². The summed E-state index contributed by atoms with van der Waals surface area (Å²) in [6, 6.07) is 6.81. The Labute approximate surface area is 188 Å². The largest absolute Gasteiger partial charge is 0.462 e. The summed E-state index contributed by atoms with van der Waals surface area (Å²) in [6.07, 6.45) is 0. The Morgan fingerprint density at radius 3 is 1.81 bits per heavy atom. The van der Waals surface area contributed by atoms with Gasteiger partial charge in [0.05, 0.1) is 13.1 Å². The van der Waals surface area contributed by atoms with Crippen LogP contribution in [0.5, 0.6) is 0 Å². The molecule has 32 heavy (non-hydrogen) atoms. The number of hydrogen-bond donors (Lipinski definition) is 1. The van der Waals surface area contributed by atoms with Gasteiger partial charge in [0, 0.05) is 32.2 Å². The van der Waals surface area contributed by atoms with Crippen LogP contribution >= 0.6 is 0 Å². The molecule has 10 nitrogen and oxygen atoms in total. The number of carbonyl (C=O) groups is 4. The van der Waals surface area contributed by atoms with Crippen LogP contribution in [0.25, 0.3) is 0 Å². The Morgan fingerprint density at radius 1 is 0.875 bits per heavy atom. The highest BCUT2D eigenvalue weighted by Crippen LogP contribution is 2.09. The van der Waals surface area contributed by atoms with Gasteiger partial charge in [0.2, 0.25) is 5.91 Å². The third-order valence-electron chi connectivity index (χ3n) is 4.25. The molecule has 0 aromatic heterocycles. The molecule has 1 aromatic rings. The van der Waals surface area contributed by atoms with E-state index < -0.39 is 11.9 Å². The lowest BCUT2D eigenvalue weighted by molar-refractivity contribution is -0.148. The van der Waals surface area contributed by atoms with Gasteiger partial charge >= 0.3 is 11.9 Å². The predicted octanol–water partition coefficient (Wildman–Crippen LogP) is 0.780. The number of nitrogens with one attached hydrogen (secondary N) is 1. The molecule has 0 bridgehead atoms. The van der Waals surface area contributed by atoms with Crippen LogP contribution in [0.4, 0.5) is 0 Å². The summed E-state index contributed by atoms with van der Waals surface area (Å²) in [4.78, 5) is 49.0. The lowest BCUT2D eigenvalue weighted by Gasteiger charge is -2.22. The van der Waals surface area contributed by atoms with E-state index in [2.05, 4.69) is 5.32 Å². The molecule has 0 heterocycles. The summed E-state index contributed by atoms with van der Waals surface area (Å²) in [5, 5.41) is 2.82. The molecule has 1 N–H and O–H groups in total. The van der Waals surface area contributed by atoms with Gasteiger partial charge in [0.15, 0.2) is 0 Å². The zero-order chi connectivity index (χ0) is 23.9. The fourth-order valence-electron chi connectivity index (χ4n) is 2.51. The number of benzene rings is 1. The van der Waals surface area contributed by atoms with Crippen molar-refractivity contribution in [3.63, 3.8) is 0 Å². The third-order valence-corrected chi connectivity index (χ3v) is 4.25. The molecule has 0 atom stereocenters. The van der Waals surface area contributed by atoms with Crippen molar-refractivity contribution in [1.82, 2.24) is 10.2 Å². The molecule has 2 amide bonds. The Hall–Kier alpha value is -2.98. The van der Waals surface area contributed by atoms with E-state index in [1.807, 2.05) is 13.8 Å². The van der Waals surface area contributed by atoms with Crippen LogP contribution < -0.4 is 5.32 Å². The first kappa shape index (κ1) is 27.1. The number of nitrogens with zero attached hydrogens (tertiary/aromatic N) is 1. The van der Waals surface area contributed by atoms with Crippen LogP contribution in [-0.4, -0.2) is 82.4 Å². The SMILES string of the molecule is COCC(=O)OCCN(CCOC(=O)COC)C(=O)c1ccc(CNC(=O)C(C)C)cc1. The second-order valence-corrected chi connectivity index (χ2v) is 7.17. The number of methoxy groups -OCH3 is 2. The maximum absolute atomic E-state index is 12.9. The molecule has 178 valence electrons. The summed E-state index contributed by atoms with van der Waals surface area (Å²) in [7, 11) is 2.76. The summed E-state index contributed by atoms with van der Waals surface area (Å²) in [5.41, 5.74) is 1.26. The molecule has 1 aromatic carbocycles. The van der Waals surface area contributed by atoms with Crippen molar-refractivity contribution in [1.29, 1.82) is 0 Å². The first-order chi connectivity index (χ1) is 15.3. The minimum absolute atomic E-state index is 0.0285. The van der Waals surface area contributed by atoms with Gasteiger partial charge in [-0.25, -0.2) is 9.59 Å². The zero-order valence-corrected chi connectivity index (χ0v) is 19.0. The Morgan fingerprint density at radius 2 is 1.38 bits per heavy atom. The zero-order valence-electron chi connectivity index (χ0n) is 19.0. The average Bonchev–Trinajstić information content (AvgIpc) is 2.76. The van der Waals surface area contributed by atoms with Crippen molar-refractivity contribution < 1.29 is 38.1 Å². The number of ether oxygens (including phenoxy) is 4. The number of carbonyl (C=O) groups excluding carboxylic acids is 4. The summed E-state index contributed by atoms with van der Waals surface area (Å²) in [6.45, 7) is 3.79. The van der Waals surface area contributed by atoms with Crippen LogP contribution in [0.3, 0.4) is 0 Å². The lowest BCUT2D eigenvalue weighted by Crippen LogP contribution is -2.37. The number of amides is 2. The second kappa shape index (κ2) is 14.9. The van der Waals surface area contributed by atoms with Crippen LogP contribution in [0.1, 0.15) is 29.8 Å². The van der Waals surface area contributed by atoms with Crippen LogP contribution in [0, 0.1) is 5.92 Å². The van der Waals surface area contributed by atoms with Gasteiger partial charge in [-0.15, -0.1) is 0 Å². The summed E-state index contributed by atoms with van der Waals surface area (Å²) >= 11 is 0. The maximum atomic E-state index is 12.9. The lowest BCUT2D eigenvalue weighted by atomic mass is 10.1. The Bertz CT molecular complexity index is 725. The highest BCUT2D eigenvalue weighted by atomic mass is 16.6. The standard InChI is InChI=1S/C22H32N2O8/c1-16(2)21(27)23-13-17-5-7-18(8-6-17)22(28)24(9-11-31-19(25)14-29-3)10-12-32-20(26)15-30-4/h5-8,16H,9-15H2,1-4H3,(H,23,27). The van der Waals surface area contributed by atoms with Gasteiger partial charge in [-0.05, 0) is 17.7 Å².